The van der Waals surface area contributed by atoms with Crippen molar-refractivity contribution in [1.82, 2.24) is 0 Å². The van der Waals surface area contributed by atoms with Crippen LogP contribution >= 0.6 is 11.6 Å². The summed E-state index contributed by atoms with van der Waals surface area (Å²) in [6, 6.07) is 3.32. The number of aliphatic carboxylic acids is 1. The third kappa shape index (κ3) is 2.00. The van der Waals surface area contributed by atoms with E-state index in [1.807, 2.05) is 0 Å². The summed E-state index contributed by atoms with van der Waals surface area (Å²) in [4.78, 5) is 10.5. The molecule has 2 N–H and O–H groups in total. The average Bonchev–Trinajstić information content (AvgIpc) is 2.11. The Morgan fingerprint density at radius 1 is 1.50 bits per heavy atom. The summed E-state index contributed by atoms with van der Waals surface area (Å²) < 4.78 is 13.1. The van der Waals surface area contributed by atoms with Gasteiger partial charge < -0.3 is 10.3 Å². The molecular weight excluding hydrogens is 213 g/mol. The molecule has 0 fully saturated rings. The van der Waals surface area contributed by atoms with Crippen molar-refractivity contribution < 1.29 is 19.5 Å². The lowest BCUT2D eigenvalue weighted by Crippen LogP contribution is -2.16. The molecule has 74 valence electrons. The van der Waals surface area contributed by atoms with Gasteiger partial charge in [0.2, 0.25) is 0 Å². The van der Waals surface area contributed by atoms with Crippen molar-refractivity contribution in [2.45, 2.75) is 0 Å². The zero-order valence-electron chi connectivity index (χ0n) is 6.74. The van der Waals surface area contributed by atoms with E-state index in [1.165, 1.54) is 6.07 Å². The average molecular weight is 218 g/mol. The summed E-state index contributed by atoms with van der Waals surface area (Å²) in [6.45, 7) is 0. The Bertz CT molecular complexity index is 406. The molecule has 0 saturated heterocycles. The molecule has 0 radical (unpaired) electrons. The predicted molar refractivity (Wildman–Crippen MR) is 47.4 cm³/mol. The van der Waals surface area contributed by atoms with Crippen LogP contribution in [0.4, 0.5) is 4.39 Å². The molecule has 0 aliphatic heterocycles. The highest BCUT2D eigenvalue weighted by Crippen LogP contribution is 2.15. The van der Waals surface area contributed by atoms with Crippen LogP contribution in [0, 0.1) is 5.82 Å². The Balaban J connectivity index is 3.30. The molecule has 4 nitrogen and oxygen atoms in total. The van der Waals surface area contributed by atoms with Crippen LogP contribution in [-0.4, -0.2) is 22.0 Å². The molecule has 1 rings (SSSR count). The van der Waals surface area contributed by atoms with Crippen molar-refractivity contribution >= 4 is 23.3 Å². The summed E-state index contributed by atoms with van der Waals surface area (Å²) >= 11 is 5.53. The quantitative estimate of drug-likeness (QED) is 0.450. The molecule has 6 heteroatoms. The summed E-state index contributed by atoms with van der Waals surface area (Å²) in [5.41, 5.74) is -1.14. The number of benzene rings is 1. The number of halogens is 2. The molecule has 1 aromatic rings. The lowest BCUT2D eigenvalue weighted by atomic mass is 10.1. The van der Waals surface area contributed by atoms with Crippen LogP contribution in [0.1, 0.15) is 5.56 Å². The van der Waals surface area contributed by atoms with Crippen LogP contribution in [0.2, 0.25) is 5.02 Å². The van der Waals surface area contributed by atoms with E-state index in [9.17, 15) is 9.18 Å². The predicted octanol–water partition coefficient (Wildman–Crippen LogP) is 1.74. The maximum Gasteiger partial charge on any atom is 0.358 e. The molecular formula is C8H5ClFNO3. The zero-order valence-corrected chi connectivity index (χ0v) is 7.49. The second-order valence-corrected chi connectivity index (χ2v) is 2.81. The number of nitrogens with zero attached hydrogens (tertiary/aromatic N) is 1. The van der Waals surface area contributed by atoms with Gasteiger partial charge in [-0.1, -0.05) is 16.8 Å². The lowest BCUT2D eigenvalue weighted by Gasteiger charge is -2.01. The van der Waals surface area contributed by atoms with Crippen molar-refractivity contribution in [2.24, 2.45) is 5.16 Å². The number of hydrogen-bond acceptors (Lipinski definition) is 3. The van der Waals surface area contributed by atoms with Gasteiger partial charge in [-0.05, 0) is 18.2 Å². The molecule has 0 amide bonds. The van der Waals surface area contributed by atoms with E-state index >= 15 is 0 Å². The first kappa shape index (κ1) is 10.5. The van der Waals surface area contributed by atoms with Gasteiger partial charge >= 0.3 is 5.97 Å². The number of carboxylic acid groups (broad SMARTS) is 1. The highest BCUT2D eigenvalue weighted by atomic mass is 35.5. The van der Waals surface area contributed by atoms with Gasteiger partial charge in [-0.25, -0.2) is 9.18 Å². The van der Waals surface area contributed by atoms with Gasteiger partial charge in [-0.3, -0.25) is 0 Å². The van der Waals surface area contributed by atoms with E-state index < -0.39 is 17.5 Å². The van der Waals surface area contributed by atoms with Gasteiger partial charge in [0.15, 0.2) is 5.71 Å². The fourth-order valence-corrected chi connectivity index (χ4v) is 1.06. The van der Waals surface area contributed by atoms with Crippen molar-refractivity contribution in [1.29, 1.82) is 0 Å². The third-order valence-corrected chi connectivity index (χ3v) is 1.72. The molecule has 0 spiro atoms. The Kier molecular flexibility index (Phi) is 3.03. The molecule has 0 unspecified atom stereocenters. The Labute approximate surface area is 83.2 Å². The fraction of sp³-hybridized carbons (Fsp3) is 0. The van der Waals surface area contributed by atoms with Gasteiger partial charge in [-0.15, -0.1) is 0 Å². The van der Waals surface area contributed by atoms with Crippen LogP contribution in [0.15, 0.2) is 23.4 Å². The maximum atomic E-state index is 13.1. The Morgan fingerprint density at radius 2 is 2.14 bits per heavy atom. The highest BCUT2D eigenvalue weighted by Gasteiger charge is 2.17. The molecule has 0 saturated carbocycles. The maximum absolute atomic E-state index is 13.1. The van der Waals surface area contributed by atoms with E-state index in [0.29, 0.717) is 0 Å². The molecule has 0 aliphatic carbocycles. The van der Waals surface area contributed by atoms with Crippen molar-refractivity contribution in [3.63, 3.8) is 0 Å². The SMILES string of the molecule is O=C(O)/C(=N/O)c1cc(Cl)ccc1F. The van der Waals surface area contributed by atoms with Crippen LogP contribution in [0.25, 0.3) is 0 Å². The highest BCUT2D eigenvalue weighted by molar-refractivity contribution is 6.43. The van der Waals surface area contributed by atoms with Crippen molar-refractivity contribution in [3.05, 3.63) is 34.6 Å². The topological polar surface area (TPSA) is 69.9 Å². The van der Waals surface area contributed by atoms with E-state index in [-0.39, 0.29) is 10.6 Å². The van der Waals surface area contributed by atoms with Gasteiger partial charge in [0.25, 0.3) is 0 Å². The van der Waals surface area contributed by atoms with Gasteiger partial charge in [0.05, 0.1) is 0 Å². The molecule has 1 aromatic carbocycles. The first-order chi connectivity index (χ1) is 6.56. The first-order valence-electron chi connectivity index (χ1n) is 3.47. The first-order valence-corrected chi connectivity index (χ1v) is 3.85. The number of carboxylic acids is 1. The minimum atomic E-state index is -1.53. The van der Waals surface area contributed by atoms with Crippen molar-refractivity contribution in [3.8, 4) is 0 Å². The smallest absolute Gasteiger partial charge is 0.358 e. The standard InChI is InChI=1S/C8H5ClFNO3/c9-4-1-2-6(10)5(3-4)7(11-14)8(12)13/h1-3,14H,(H,12,13)/b11-7+. The van der Waals surface area contributed by atoms with Gasteiger partial charge in [0.1, 0.15) is 5.82 Å². The van der Waals surface area contributed by atoms with E-state index in [4.69, 9.17) is 21.9 Å². The normalized spacial score (nSPS) is 11.4. The lowest BCUT2D eigenvalue weighted by molar-refractivity contribution is -0.129. The number of hydrogen-bond donors (Lipinski definition) is 2. The summed E-state index contributed by atoms with van der Waals surface area (Å²) in [6.07, 6.45) is 0. The molecule has 0 bridgehead atoms. The molecule has 14 heavy (non-hydrogen) atoms. The molecule has 0 atom stereocenters. The summed E-state index contributed by atoms with van der Waals surface area (Å²) in [5.74, 6) is -2.35. The fourth-order valence-electron chi connectivity index (χ4n) is 0.891. The zero-order chi connectivity index (χ0) is 10.7. The second-order valence-electron chi connectivity index (χ2n) is 2.38. The Hall–Kier alpha value is -1.62. The second kappa shape index (κ2) is 4.06. The minimum Gasteiger partial charge on any atom is -0.476 e. The Morgan fingerprint density at radius 3 is 2.64 bits per heavy atom. The minimum absolute atomic E-state index is 0.156. The van der Waals surface area contributed by atoms with Crippen LogP contribution < -0.4 is 0 Å². The number of carbonyl (C=O) groups is 1. The van der Waals surface area contributed by atoms with E-state index in [1.54, 1.807) is 0 Å². The number of rotatable bonds is 2. The largest absolute Gasteiger partial charge is 0.476 e. The van der Waals surface area contributed by atoms with E-state index in [2.05, 4.69) is 5.16 Å². The van der Waals surface area contributed by atoms with Crippen LogP contribution in [0.5, 0.6) is 0 Å². The summed E-state index contributed by atoms with van der Waals surface area (Å²) in [5, 5.41) is 19.5. The van der Waals surface area contributed by atoms with Gasteiger partial charge in [-0.2, -0.15) is 0 Å². The molecule has 0 aliphatic rings. The van der Waals surface area contributed by atoms with Crippen LogP contribution in [0.3, 0.4) is 0 Å². The molecule has 0 heterocycles. The monoisotopic (exact) mass is 217 g/mol. The third-order valence-electron chi connectivity index (χ3n) is 1.49. The van der Waals surface area contributed by atoms with Gasteiger partial charge in [0, 0.05) is 10.6 Å². The number of oxime groups is 1. The summed E-state index contributed by atoms with van der Waals surface area (Å²) in [7, 11) is 0. The van der Waals surface area contributed by atoms with Crippen molar-refractivity contribution in [2.75, 3.05) is 0 Å². The van der Waals surface area contributed by atoms with E-state index in [0.717, 1.165) is 12.1 Å². The van der Waals surface area contributed by atoms with Crippen LogP contribution in [-0.2, 0) is 4.79 Å². The molecule has 0 aromatic heterocycles.